The first-order chi connectivity index (χ1) is 8.38. The van der Waals surface area contributed by atoms with Gasteiger partial charge in [0, 0.05) is 18.0 Å². The standard InChI is InChI=1S/C13H8N4/c14-8-10-2-4-11(5-3-10)12-9-16-13-15-6-1-7-17(12)13/h1-7,9H. The fourth-order valence-electron chi connectivity index (χ4n) is 1.76. The largest absolute Gasteiger partial charge is 0.284 e. The van der Waals surface area contributed by atoms with E-state index in [0.717, 1.165) is 11.3 Å². The number of aromatic nitrogens is 3. The van der Waals surface area contributed by atoms with E-state index in [1.807, 2.05) is 28.8 Å². The summed E-state index contributed by atoms with van der Waals surface area (Å²) in [6.45, 7) is 0. The second-order valence-corrected chi connectivity index (χ2v) is 3.62. The SMILES string of the molecule is N#Cc1ccc(-c2cnc3ncccn23)cc1. The Morgan fingerprint density at radius 1 is 1.12 bits per heavy atom. The van der Waals surface area contributed by atoms with Gasteiger partial charge in [-0.3, -0.25) is 4.40 Å². The van der Waals surface area contributed by atoms with Crippen molar-refractivity contribution >= 4 is 5.78 Å². The number of nitriles is 1. The molecular formula is C13H8N4. The predicted octanol–water partition coefficient (Wildman–Crippen LogP) is 2.27. The van der Waals surface area contributed by atoms with Crippen LogP contribution in [-0.2, 0) is 0 Å². The van der Waals surface area contributed by atoms with Crippen molar-refractivity contribution in [3.63, 3.8) is 0 Å². The van der Waals surface area contributed by atoms with E-state index in [0.29, 0.717) is 11.3 Å². The molecule has 0 aliphatic carbocycles. The van der Waals surface area contributed by atoms with Gasteiger partial charge in [0.1, 0.15) is 0 Å². The molecule has 3 aromatic rings. The third-order valence-corrected chi connectivity index (χ3v) is 2.60. The number of fused-ring (bicyclic) bond motifs is 1. The van der Waals surface area contributed by atoms with Gasteiger partial charge in [0.25, 0.3) is 0 Å². The summed E-state index contributed by atoms with van der Waals surface area (Å²) in [6.07, 6.45) is 5.41. The molecule has 0 aliphatic rings. The molecule has 0 spiro atoms. The molecule has 0 amide bonds. The van der Waals surface area contributed by atoms with Gasteiger partial charge in [-0.1, -0.05) is 12.1 Å². The molecule has 2 heterocycles. The lowest BCUT2D eigenvalue weighted by atomic mass is 10.1. The average Bonchev–Trinajstić information content (AvgIpc) is 2.83. The molecule has 0 saturated carbocycles. The van der Waals surface area contributed by atoms with Crippen LogP contribution in [0.5, 0.6) is 0 Å². The van der Waals surface area contributed by atoms with Crippen LogP contribution in [0.25, 0.3) is 17.0 Å². The Balaban J connectivity index is 2.17. The molecule has 17 heavy (non-hydrogen) atoms. The monoisotopic (exact) mass is 220 g/mol. The number of nitrogens with zero attached hydrogens (tertiary/aromatic N) is 4. The second-order valence-electron chi connectivity index (χ2n) is 3.62. The lowest BCUT2D eigenvalue weighted by Crippen LogP contribution is -1.89. The Morgan fingerprint density at radius 2 is 1.94 bits per heavy atom. The van der Waals surface area contributed by atoms with Gasteiger partial charge in [-0.2, -0.15) is 5.26 Å². The van der Waals surface area contributed by atoms with Gasteiger partial charge in [-0.05, 0) is 18.2 Å². The summed E-state index contributed by atoms with van der Waals surface area (Å²) in [5.74, 6) is 0.673. The Hall–Kier alpha value is -2.67. The van der Waals surface area contributed by atoms with Crippen molar-refractivity contribution < 1.29 is 0 Å². The highest BCUT2D eigenvalue weighted by molar-refractivity contribution is 5.63. The van der Waals surface area contributed by atoms with Crippen LogP contribution in [-0.4, -0.2) is 14.4 Å². The summed E-state index contributed by atoms with van der Waals surface area (Å²) in [7, 11) is 0. The van der Waals surface area contributed by atoms with Crippen LogP contribution in [0.1, 0.15) is 5.56 Å². The topological polar surface area (TPSA) is 54.0 Å². The third-order valence-electron chi connectivity index (χ3n) is 2.60. The van der Waals surface area contributed by atoms with Crippen molar-refractivity contribution in [2.75, 3.05) is 0 Å². The molecule has 0 atom stereocenters. The Bertz CT molecular complexity index is 704. The Kier molecular flexibility index (Phi) is 2.09. The van der Waals surface area contributed by atoms with Crippen LogP contribution in [0.15, 0.2) is 48.9 Å². The molecule has 2 aromatic heterocycles. The minimum absolute atomic E-state index is 0.653. The van der Waals surface area contributed by atoms with Gasteiger partial charge in [0.05, 0.1) is 23.5 Å². The zero-order valence-electron chi connectivity index (χ0n) is 8.91. The van der Waals surface area contributed by atoms with Gasteiger partial charge < -0.3 is 0 Å². The maximum atomic E-state index is 8.75. The smallest absolute Gasteiger partial charge is 0.234 e. The highest BCUT2D eigenvalue weighted by atomic mass is 15.1. The van der Waals surface area contributed by atoms with Crippen molar-refractivity contribution in [2.24, 2.45) is 0 Å². The Labute approximate surface area is 97.8 Å². The molecule has 0 unspecified atom stereocenters. The van der Waals surface area contributed by atoms with Crippen LogP contribution in [0.4, 0.5) is 0 Å². The maximum absolute atomic E-state index is 8.75. The Morgan fingerprint density at radius 3 is 2.71 bits per heavy atom. The molecule has 0 fully saturated rings. The normalized spacial score (nSPS) is 10.3. The van der Waals surface area contributed by atoms with Crippen LogP contribution in [0.3, 0.4) is 0 Å². The molecule has 0 aliphatic heterocycles. The maximum Gasteiger partial charge on any atom is 0.234 e. The van der Waals surface area contributed by atoms with E-state index in [1.165, 1.54) is 0 Å². The van der Waals surface area contributed by atoms with Crippen LogP contribution in [0.2, 0.25) is 0 Å². The van der Waals surface area contributed by atoms with E-state index < -0.39 is 0 Å². The van der Waals surface area contributed by atoms with E-state index >= 15 is 0 Å². The molecule has 0 N–H and O–H groups in total. The van der Waals surface area contributed by atoms with Crippen molar-refractivity contribution in [2.45, 2.75) is 0 Å². The minimum atomic E-state index is 0.653. The number of rotatable bonds is 1. The molecular weight excluding hydrogens is 212 g/mol. The summed E-state index contributed by atoms with van der Waals surface area (Å²) in [6, 6.07) is 11.4. The summed E-state index contributed by atoms with van der Waals surface area (Å²) in [5.41, 5.74) is 2.64. The van der Waals surface area contributed by atoms with Gasteiger partial charge in [0.15, 0.2) is 0 Å². The summed E-state index contributed by atoms with van der Waals surface area (Å²) >= 11 is 0. The van der Waals surface area contributed by atoms with Crippen molar-refractivity contribution in [1.82, 2.24) is 14.4 Å². The van der Waals surface area contributed by atoms with Crippen molar-refractivity contribution in [3.8, 4) is 17.3 Å². The number of benzene rings is 1. The van der Waals surface area contributed by atoms with Gasteiger partial charge in [0.2, 0.25) is 5.78 Å². The first-order valence-electron chi connectivity index (χ1n) is 5.17. The molecule has 0 radical (unpaired) electrons. The summed E-state index contributed by atoms with van der Waals surface area (Å²) in [4.78, 5) is 8.39. The summed E-state index contributed by atoms with van der Waals surface area (Å²) < 4.78 is 1.92. The van der Waals surface area contributed by atoms with Gasteiger partial charge in [-0.25, -0.2) is 9.97 Å². The van der Waals surface area contributed by atoms with Gasteiger partial charge >= 0.3 is 0 Å². The van der Waals surface area contributed by atoms with Gasteiger partial charge in [-0.15, -0.1) is 0 Å². The zero-order valence-corrected chi connectivity index (χ0v) is 8.91. The first-order valence-corrected chi connectivity index (χ1v) is 5.17. The molecule has 4 heteroatoms. The number of hydrogen-bond donors (Lipinski definition) is 0. The van der Waals surface area contributed by atoms with Crippen LogP contribution < -0.4 is 0 Å². The fourth-order valence-corrected chi connectivity index (χ4v) is 1.76. The molecule has 0 saturated heterocycles. The molecule has 3 rings (SSSR count). The molecule has 1 aromatic carbocycles. The highest BCUT2D eigenvalue weighted by Gasteiger charge is 2.05. The predicted molar refractivity (Wildman–Crippen MR) is 63.1 cm³/mol. The second kappa shape index (κ2) is 3.72. The number of imidazole rings is 1. The van der Waals surface area contributed by atoms with Crippen LogP contribution in [0, 0.1) is 11.3 Å². The van der Waals surface area contributed by atoms with E-state index in [1.54, 1.807) is 24.5 Å². The third kappa shape index (κ3) is 1.54. The highest BCUT2D eigenvalue weighted by Crippen LogP contribution is 2.20. The van der Waals surface area contributed by atoms with E-state index in [9.17, 15) is 0 Å². The first kappa shape index (κ1) is 9.55. The van der Waals surface area contributed by atoms with Crippen molar-refractivity contribution in [1.29, 1.82) is 5.26 Å². The van der Waals surface area contributed by atoms with E-state index in [4.69, 9.17) is 5.26 Å². The summed E-state index contributed by atoms with van der Waals surface area (Å²) in [5, 5.41) is 8.75. The quantitative estimate of drug-likeness (QED) is 0.632. The fraction of sp³-hybridized carbons (Fsp3) is 0. The average molecular weight is 220 g/mol. The number of hydrogen-bond acceptors (Lipinski definition) is 3. The van der Waals surface area contributed by atoms with Crippen LogP contribution >= 0.6 is 0 Å². The molecule has 80 valence electrons. The lowest BCUT2D eigenvalue weighted by Gasteiger charge is -2.00. The van der Waals surface area contributed by atoms with Crippen molar-refractivity contribution in [3.05, 3.63) is 54.5 Å². The van der Waals surface area contributed by atoms with E-state index in [2.05, 4.69) is 16.0 Å². The molecule has 0 bridgehead atoms. The lowest BCUT2D eigenvalue weighted by molar-refractivity contribution is 1.11. The molecule has 4 nitrogen and oxygen atoms in total. The van der Waals surface area contributed by atoms with E-state index in [-0.39, 0.29) is 0 Å². The zero-order chi connectivity index (χ0) is 11.7. The minimum Gasteiger partial charge on any atom is -0.284 e.